The van der Waals surface area contributed by atoms with Gasteiger partial charge in [0.1, 0.15) is 73.2 Å². The number of ether oxygens (including phenoxy) is 8. The summed E-state index contributed by atoms with van der Waals surface area (Å²) < 4.78 is 47.0. The van der Waals surface area contributed by atoms with Crippen LogP contribution in [0.15, 0.2) is 0 Å². The Morgan fingerprint density at radius 2 is 0.983 bits per heavy atom. The van der Waals surface area contributed by atoms with Crippen molar-refractivity contribution in [1.82, 2.24) is 0 Å². The Hall–Kier alpha value is -1.21. The number of rotatable bonds is 22. The molecule has 4 fully saturated rings. The van der Waals surface area contributed by atoms with Gasteiger partial charge in [0.15, 0.2) is 25.2 Å². The third kappa shape index (κ3) is 13.4. The molecule has 19 nitrogen and oxygen atoms in total. The van der Waals surface area contributed by atoms with Crippen molar-refractivity contribution in [2.45, 2.75) is 234 Å². The fraction of sp³-hybridized carbons (Fsp3) is 0.974. The third-order valence-corrected chi connectivity index (χ3v) is 11.5. The third-order valence-electron chi connectivity index (χ3n) is 11.5. The highest BCUT2D eigenvalue weighted by Gasteiger charge is 2.53. The molecular weight excluding hydrogens is 772 g/mol. The van der Waals surface area contributed by atoms with Gasteiger partial charge in [0.05, 0.1) is 31.0 Å². The molecule has 19 heteroatoms. The molecular formula is C39H70O19. The summed E-state index contributed by atoms with van der Waals surface area (Å²) in [6, 6.07) is 0. The molecule has 0 spiro atoms. The van der Waals surface area contributed by atoms with E-state index < -0.39 is 123 Å². The van der Waals surface area contributed by atoms with Crippen molar-refractivity contribution in [2.24, 2.45) is 0 Å². The van der Waals surface area contributed by atoms with Gasteiger partial charge in [-0.15, -0.1) is 0 Å². The molecule has 0 aromatic rings. The average molecular weight is 843 g/mol. The zero-order valence-corrected chi connectivity index (χ0v) is 34.1. The molecule has 0 radical (unpaired) electrons. The van der Waals surface area contributed by atoms with Gasteiger partial charge in [0.25, 0.3) is 0 Å². The maximum absolute atomic E-state index is 11.3. The van der Waals surface area contributed by atoms with E-state index in [-0.39, 0.29) is 19.1 Å². The quantitative estimate of drug-likeness (QED) is 0.0617. The number of carboxylic acids is 1. The van der Waals surface area contributed by atoms with E-state index in [0.29, 0.717) is 12.8 Å². The maximum atomic E-state index is 11.3. The van der Waals surface area contributed by atoms with Crippen LogP contribution in [0, 0.1) is 0 Å². The maximum Gasteiger partial charge on any atom is 0.303 e. The van der Waals surface area contributed by atoms with Crippen LogP contribution in [0.2, 0.25) is 0 Å². The van der Waals surface area contributed by atoms with Crippen molar-refractivity contribution in [2.75, 3.05) is 6.61 Å². The topological polar surface area (TPSA) is 293 Å². The molecule has 4 heterocycles. The van der Waals surface area contributed by atoms with Crippen LogP contribution in [-0.2, 0) is 42.7 Å². The zero-order valence-electron chi connectivity index (χ0n) is 34.1. The minimum absolute atomic E-state index is 0.188. The minimum Gasteiger partial charge on any atom is -0.481 e. The summed E-state index contributed by atoms with van der Waals surface area (Å²) >= 11 is 0. The fourth-order valence-electron chi connectivity index (χ4n) is 7.86. The van der Waals surface area contributed by atoms with Crippen molar-refractivity contribution in [1.29, 1.82) is 0 Å². The summed E-state index contributed by atoms with van der Waals surface area (Å²) in [4.78, 5) is 10.7. The van der Waals surface area contributed by atoms with E-state index in [4.69, 9.17) is 43.0 Å². The van der Waals surface area contributed by atoms with Gasteiger partial charge in [0.2, 0.25) is 0 Å². The monoisotopic (exact) mass is 842 g/mol. The van der Waals surface area contributed by atoms with Crippen molar-refractivity contribution in [3.63, 3.8) is 0 Å². The fourth-order valence-corrected chi connectivity index (χ4v) is 7.86. The van der Waals surface area contributed by atoms with Crippen LogP contribution in [-0.4, -0.2) is 186 Å². The Morgan fingerprint density at radius 3 is 1.50 bits per heavy atom. The summed E-state index contributed by atoms with van der Waals surface area (Å²) in [5.41, 5.74) is 0. The lowest BCUT2D eigenvalue weighted by Gasteiger charge is -2.48. The number of unbranched alkanes of at least 4 members (excludes halogenated alkanes) is 8. The molecule has 58 heavy (non-hydrogen) atoms. The summed E-state index contributed by atoms with van der Waals surface area (Å²) in [7, 11) is 0. The standard InChI is InChI=1S/C39H70O19/c1-5-6-12-15-22(16-13-10-8-7-9-11-14-17-24(41)42)55-39-35(26(44)23(40)18-51-39)58-38-32(50)29(47)34(21(4)54-38)57-37-31(49)28(46)33(20(3)53-37)56-36-30(48)27(45)25(43)19(2)52-36/h19-23,25-40,43-50H,5-18H2,1-4H3,(H,41,42)/t19-,20-,21-,22-,23+,25-,26-,27+,28-,29-,30+,31+,32+,33-,34-,35+,36-,37-,38-,39-/m0/s1. The van der Waals surface area contributed by atoms with E-state index in [1.807, 2.05) is 0 Å². The first-order valence-corrected chi connectivity index (χ1v) is 21.1. The molecule has 4 aliphatic heterocycles. The van der Waals surface area contributed by atoms with E-state index >= 15 is 0 Å². The van der Waals surface area contributed by atoms with Gasteiger partial charge in [0, 0.05) is 6.42 Å². The number of hydrogen-bond acceptors (Lipinski definition) is 18. The SMILES string of the molecule is CCCCC[C@@H](CCCCCCCCCC(=O)O)O[C@@H]1OC[C@@H](O)[C@H](O)[C@H]1O[C@@H]1O[C@@H](C)[C@H](O[C@@H]2O[C@@H](C)[C@H](O[C@@H]3O[C@@H](C)[C@H](O)[C@@H](O)[C@H]3O)[C@@H](O)[C@H]2O)[C@@H](O)[C@H]1O. The molecule has 20 atom stereocenters. The average Bonchev–Trinajstić information content (AvgIpc) is 3.18. The second kappa shape index (κ2) is 23.9. The molecule has 4 saturated heterocycles. The van der Waals surface area contributed by atoms with E-state index in [9.17, 15) is 50.8 Å². The second-order valence-corrected chi connectivity index (χ2v) is 16.3. The van der Waals surface area contributed by atoms with Crippen molar-refractivity contribution < 1.29 is 93.8 Å². The van der Waals surface area contributed by atoms with Crippen LogP contribution in [0.5, 0.6) is 0 Å². The Balaban J connectivity index is 1.33. The highest BCUT2D eigenvalue weighted by atomic mass is 16.8. The van der Waals surface area contributed by atoms with Crippen LogP contribution >= 0.6 is 0 Å². The van der Waals surface area contributed by atoms with Crippen molar-refractivity contribution in [3.8, 4) is 0 Å². The molecule has 4 rings (SSSR count). The lowest BCUT2D eigenvalue weighted by atomic mass is 9.96. The molecule has 10 N–H and O–H groups in total. The predicted octanol–water partition coefficient (Wildman–Crippen LogP) is -0.458. The largest absolute Gasteiger partial charge is 0.481 e. The summed E-state index contributed by atoms with van der Waals surface area (Å²) in [6.07, 6.45) is -16.3. The molecule has 0 amide bonds. The van der Waals surface area contributed by atoms with Crippen LogP contribution in [0.1, 0.15) is 111 Å². The number of hydrogen-bond donors (Lipinski definition) is 10. The molecule has 0 saturated carbocycles. The highest BCUT2D eigenvalue weighted by molar-refractivity contribution is 5.66. The van der Waals surface area contributed by atoms with Crippen molar-refractivity contribution in [3.05, 3.63) is 0 Å². The van der Waals surface area contributed by atoms with Crippen LogP contribution in [0.3, 0.4) is 0 Å². The molecule has 340 valence electrons. The van der Waals surface area contributed by atoms with Gasteiger partial charge in [-0.25, -0.2) is 0 Å². The molecule has 0 aromatic carbocycles. The molecule has 0 bridgehead atoms. The van der Waals surface area contributed by atoms with Crippen LogP contribution in [0.4, 0.5) is 0 Å². The number of aliphatic hydroxyl groups is 9. The first-order chi connectivity index (χ1) is 27.5. The van der Waals surface area contributed by atoms with Gasteiger partial charge in [-0.3, -0.25) is 4.79 Å². The molecule has 0 aliphatic carbocycles. The highest BCUT2D eigenvalue weighted by Crippen LogP contribution is 2.34. The summed E-state index contributed by atoms with van der Waals surface area (Å²) in [5, 5.41) is 105. The number of carboxylic acid groups (broad SMARTS) is 1. The van der Waals surface area contributed by atoms with Gasteiger partial charge in [-0.2, -0.15) is 0 Å². The lowest BCUT2D eigenvalue weighted by molar-refractivity contribution is -0.384. The Kier molecular flexibility index (Phi) is 20.3. The van der Waals surface area contributed by atoms with Crippen LogP contribution < -0.4 is 0 Å². The number of carbonyl (C=O) groups is 1. The minimum atomic E-state index is -1.77. The number of aliphatic hydroxyl groups excluding tert-OH is 9. The first kappa shape index (κ1) is 49.4. The van der Waals surface area contributed by atoms with Gasteiger partial charge in [-0.1, -0.05) is 64.7 Å². The second-order valence-electron chi connectivity index (χ2n) is 16.3. The van der Waals surface area contributed by atoms with Crippen LogP contribution in [0.25, 0.3) is 0 Å². The molecule has 4 aliphatic rings. The van der Waals surface area contributed by atoms with E-state index in [1.54, 1.807) is 0 Å². The van der Waals surface area contributed by atoms with E-state index in [2.05, 4.69) is 6.92 Å². The smallest absolute Gasteiger partial charge is 0.303 e. The number of aliphatic carboxylic acids is 1. The van der Waals surface area contributed by atoms with Gasteiger partial charge in [-0.05, 0) is 40.0 Å². The van der Waals surface area contributed by atoms with Crippen molar-refractivity contribution >= 4 is 5.97 Å². The lowest BCUT2D eigenvalue weighted by Crippen LogP contribution is -2.65. The van der Waals surface area contributed by atoms with E-state index in [1.165, 1.54) is 20.8 Å². The summed E-state index contributed by atoms with van der Waals surface area (Å²) in [6.45, 7) is 6.33. The zero-order chi connectivity index (χ0) is 42.7. The molecule has 0 unspecified atom stereocenters. The van der Waals surface area contributed by atoms with Gasteiger partial charge < -0.3 is 89.0 Å². The van der Waals surface area contributed by atoms with E-state index in [0.717, 1.165) is 64.2 Å². The Bertz CT molecular complexity index is 1190. The Labute approximate surface area is 340 Å². The predicted molar refractivity (Wildman–Crippen MR) is 200 cm³/mol. The summed E-state index contributed by atoms with van der Waals surface area (Å²) in [5.74, 6) is -0.776. The normalized spacial score (nSPS) is 42.9. The first-order valence-electron chi connectivity index (χ1n) is 21.1. The Morgan fingerprint density at radius 1 is 0.534 bits per heavy atom. The molecule has 0 aromatic heterocycles. The van der Waals surface area contributed by atoms with Gasteiger partial charge >= 0.3 is 5.97 Å².